The number of aliphatic hydroxyl groups is 2. The summed E-state index contributed by atoms with van der Waals surface area (Å²) >= 11 is 0. The lowest BCUT2D eigenvalue weighted by Gasteiger charge is -2.19. The molecule has 0 aromatic heterocycles. The molecule has 0 heterocycles. The van der Waals surface area contributed by atoms with Crippen LogP contribution in [-0.4, -0.2) is 35.6 Å². The smallest absolute Gasteiger partial charge is 0.407 e. The van der Waals surface area contributed by atoms with E-state index in [9.17, 15) is 19.4 Å². The molecule has 6 nitrogen and oxygen atoms in total. The Balaban J connectivity index is 1.30. The minimum absolute atomic E-state index is 0.00569. The fourth-order valence-electron chi connectivity index (χ4n) is 4.22. The van der Waals surface area contributed by atoms with Crippen molar-refractivity contribution in [1.82, 2.24) is 5.32 Å². The number of carbonyl (C=O) groups is 1. The molecule has 0 spiro atoms. The Bertz CT molecular complexity index is 1160. The van der Waals surface area contributed by atoms with Crippen LogP contribution in [0.5, 0.6) is 0 Å². The summed E-state index contributed by atoms with van der Waals surface area (Å²) in [7, 11) is 0. The predicted molar refractivity (Wildman–Crippen MR) is 120 cm³/mol. The van der Waals surface area contributed by atoms with Crippen molar-refractivity contribution in [2.45, 2.75) is 24.5 Å². The Labute approximate surface area is 190 Å². The van der Waals surface area contributed by atoms with Crippen LogP contribution < -0.4 is 5.32 Å². The minimum Gasteiger partial charge on any atom is -0.449 e. The van der Waals surface area contributed by atoms with Crippen molar-refractivity contribution in [3.8, 4) is 17.2 Å². The van der Waals surface area contributed by atoms with Crippen LogP contribution in [0.25, 0.3) is 11.1 Å². The van der Waals surface area contributed by atoms with Crippen molar-refractivity contribution in [2.24, 2.45) is 0 Å². The summed E-state index contributed by atoms with van der Waals surface area (Å²) in [6, 6.07) is 21.3. The molecule has 3 aromatic carbocycles. The molecule has 3 aromatic rings. The van der Waals surface area contributed by atoms with Crippen LogP contribution >= 0.6 is 0 Å². The molecule has 7 heteroatoms. The zero-order valence-electron chi connectivity index (χ0n) is 17.7. The van der Waals surface area contributed by atoms with Gasteiger partial charge < -0.3 is 20.3 Å². The maximum atomic E-state index is 13.5. The molecule has 2 unspecified atom stereocenters. The van der Waals surface area contributed by atoms with Crippen molar-refractivity contribution in [3.63, 3.8) is 0 Å². The molecule has 0 saturated carbocycles. The number of hydrogen-bond donors (Lipinski definition) is 3. The number of nitrogens with one attached hydrogen (secondary N) is 1. The highest BCUT2D eigenvalue weighted by molar-refractivity contribution is 5.79. The Hall–Kier alpha value is -3.73. The first-order valence-electron chi connectivity index (χ1n) is 10.6. The molecule has 33 heavy (non-hydrogen) atoms. The van der Waals surface area contributed by atoms with Crippen LogP contribution in [0.15, 0.2) is 66.7 Å². The topological polar surface area (TPSA) is 103 Å². The highest BCUT2D eigenvalue weighted by Gasteiger charge is 2.29. The van der Waals surface area contributed by atoms with Gasteiger partial charge in [0.15, 0.2) is 0 Å². The van der Waals surface area contributed by atoms with Crippen LogP contribution in [0.2, 0.25) is 0 Å². The second-order valence-corrected chi connectivity index (χ2v) is 7.90. The molecular formula is C26H23FN2O4. The molecule has 0 bridgehead atoms. The van der Waals surface area contributed by atoms with E-state index in [2.05, 4.69) is 17.4 Å². The van der Waals surface area contributed by atoms with Gasteiger partial charge in [0.05, 0.1) is 17.7 Å². The van der Waals surface area contributed by atoms with Crippen molar-refractivity contribution in [2.75, 3.05) is 13.2 Å². The number of fused-ring (bicyclic) bond motifs is 3. The van der Waals surface area contributed by atoms with E-state index in [-0.39, 0.29) is 36.6 Å². The van der Waals surface area contributed by atoms with Gasteiger partial charge in [0, 0.05) is 18.0 Å². The fourth-order valence-corrected chi connectivity index (χ4v) is 4.22. The van der Waals surface area contributed by atoms with Gasteiger partial charge in [-0.25, -0.2) is 9.18 Å². The number of amides is 1. The molecule has 0 saturated heterocycles. The molecule has 0 aliphatic heterocycles. The summed E-state index contributed by atoms with van der Waals surface area (Å²) in [5.74, 6) is -0.681. The van der Waals surface area contributed by atoms with Crippen LogP contribution in [0.3, 0.4) is 0 Å². The number of benzene rings is 3. The van der Waals surface area contributed by atoms with Crippen molar-refractivity contribution < 1.29 is 24.1 Å². The van der Waals surface area contributed by atoms with Crippen LogP contribution in [-0.2, 0) is 4.74 Å². The molecule has 1 aliphatic rings. The van der Waals surface area contributed by atoms with E-state index in [1.807, 2.05) is 42.5 Å². The van der Waals surface area contributed by atoms with Crippen molar-refractivity contribution >= 4 is 6.09 Å². The summed E-state index contributed by atoms with van der Waals surface area (Å²) in [5.41, 5.74) is 4.56. The lowest BCUT2D eigenvalue weighted by molar-refractivity contribution is 0.0133. The number of nitriles is 1. The van der Waals surface area contributed by atoms with Crippen LogP contribution in [0, 0.1) is 17.1 Å². The number of rotatable bonds is 7. The normalized spacial score (nSPS) is 14.0. The molecule has 3 N–H and O–H groups in total. The largest absolute Gasteiger partial charge is 0.449 e. The molecule has 0 fully saturated rings. The van der Waals surface area contributed by atoms with E-state index in [1.54, 1.807) is 0 Å². The van der Waals surface area contributed by atoms with Gasteiger partial charge in [0.1, 0.15) is 18.5 Å². The lowest BCUT2D eigenvalue weighted by Crippen LogP contribution is -2.30. The molecule has 0 radical (unpaired) electrons. The Kier molecular flexibility index (Phi) is 6.68. The number of carbonyl (C=O) groups excluding carboxylic acids is 1. The van der Waals surface area contributed by atoms with Crippen molar-refractivity contribution in [1.29, 1.82) is 5.26 Å². The first-order valence-corrected chi connectivity index (χ1v) is 10.6. The van der Waals surface area contributed by atoms with Gasteiger partial charge in [-0.1, -0.05) is 48.5 Å². The van der Waals surface area contributed by atoms with Crippen LogP contribution in [0.4, 0.5) is 9.18 Å². The third-order valence-corrected chi connectivity index (χ3v) is 5.87. The van der Waals surface area contributed by atoms with E-state index in [0.29, 0.717) is 0 Å². The SMILES string of the molecule is N#Cc1ccc(F)cc1C(O)C(O)CCNC(=O)OCC1c2ccccc2-c2ccccc21. The van der Waals surface area contributed by atoms with E-state index in [1.165, 1.54) is 6.07 Å². The number of ether oxygens (including phenoxy) is 1. The molecular weight excluding hydrogens is 423 g/mol. The maximum absolute atomic E-state index is 13.5. The zero-order valence-corrected chi connectivity index (χ0v) is 17.7. The quantitative estimate of drug-likeness (QED) is 0.509. The fraction of sp³-hybridized carbons (Fsp3) is 0.231. The van der Waals surface area contributed by atoms with Gasteiger partial charge in [0.2, 0.25) is 0 Å². The first kappa shape index (κ1) is 22.5. The second kappa shape index (κ2) is 9.82. The third kappa shape index (κ3) is 4.72. The zero-order chi connectivity index (χ0) is 23.4. The van der Waals surface area contributed by atoms with Gasteiger partial charge in [-0.3, -0.25) is 0 Å². The molecule has 1 amide bonds. The Morgan fingerprint density at radius 2 is 1.70 bits per heavy atom. The van der Waals surface area contributed by atoms with E-state index in [4.69, 9.17) is 10.00 Å². The van der Waals surface area contributed by atoms with Gasteiger partial charge in [0.25, 0.3) is 0 Å². The molecule has 1 aliphatic carbocycles. The number of halogens is 1. The summed E-state index contributed by atoms with van der Waals surface area (Å²) in [6.45, 7) is 0.200. The maximum Gasteiger partial charge on any atom is 0.407 e. The Morgan fingerprint density at radius 1 is 1.06 bits per heavy atom. The van der Waals surface area contributed by atoms with Crippen LogP contribution in [0.1, 0.15) is 40.7 Å². The summed E-state index contributed by atoms with van der Waals surface area (Å²) in [6.07, 6.45) is -3.40. The number of aliphatic hydroxyl groups excluding tert-OH is 2. The first-order chi connectivity index (χ1) is 16.0. The monoisotopic (exact) mass is 446 g/mol. The Morgan fingerprint density at radius 3 is 2.33 bits per heavy atom. The molecule has 168 valence electrons. The average Bonchev–Trinajstić information content (AvgIpc) is 3.16. The number of alkyl carbamates (subject to hydrolysis) is 1. The number of hydrogen-bond acceptors (Lipinski definition) is 5. The lowest BCUT2D eigenvalue weighted by atomic mass is 9.97. The summed E-state index contributed by atoms with van der Waals surface area (Å²) in [4.78, 5) is 12.2. The predicted octanol–water partition coefficient (Wildman–Crippen LogP) is 4.02. The van der Waals surface area contributed by atoms with Crippen molar-refractivity contribution in [3.05, 3.63) is 94.8 Å². The minimum atomic E-state index is -1.46. The van der Waals surface area contributed by atoms with E-state index in [0.717, 1.165) is 34.4 Å². The summed E-state index contributed by atoms with van der Waals surface area (Å²) < 4.78 is 18.9. The van der Waals surface area contributed by atoms with Gasteiger partial charge in [-0.2, -0.15) is 5.26 Å². The third-order valence-electron chi connectivity index (χ3n) is 5.87. The highest BCUT2D eigenvalue weighted by Crippen LogP contribution is 2.44. The summed E-state index contributed by atoms with van der Waals surface area (Å²) in [5, 5.41) is 32.2. The standard InChI is InChI=1S/C26H23FN2O4/c27-17-10-9-16(14-28)22(13-17)25(31)24(30)11-12-29-26(32)33-15-23-20-7-3-1-5-18(20)19-6-2-4-8-21(19)23/h1-10,13,23-25,30-31H,11-12,15H2,(H,29,32). The average molecular weight is 446 g/mol. The van der Waals surface area contributed by atoms with Gasteiger partial charge in [-0.05, 0) is 46.9 Å². The van der Waals surface area contributed by atoms with E-state index < -0.39 is 24.1 Å². The van der Waals surface area contributed by atoms with Gasteiger partial charge >= 0.3 is 6.09 Å². The van der Waals surface area contributed by atoms with E-state index >= 15 is 0 Å². The second-order valence-electron chi connectivity index (χ2n) is 7.90. The molecule has 4 rings (SSSR count). The highest BCUT2D eigenvalue weighted by atomic mass is 19.1. The number of nitrogens with zero attached hydrogens (tertiary/aromatic N) is 1. The van der Waals surface area contributed by atoms with Gasteiger partial charge in [-0.15, -0.1) is 0 Å². The molecule has 2 atom stereocenters.